The van der Waals surface area contributed by atoms with E-state index in [0.717, 1.165) is 11.4 Å². The number of aromatic nitrogens is 1. The van der Waals surface area contributed by atoms with Gasteiger partial charge < -0.3 is 19.9 Å². The van der Waals surface area contributed by atoms with E-state index >= 15 is 0 Å². The number of carbonyl (C=O) groups is 2. The molecule has 0 saturated carbocycles. The molecule has 1 aromatic rings. The summed E-state index contributed by atoms with van der Waals surface area (Å²) >= 11 is 0. The fourth-order valence-electron chi connectivity index (χ4n) is 2.76. The number of hydrogen-bond acceptors (Lipinski definition) is 4. The zero-order chi connectivity index (χ0) is 21.5. The van der Waals surface area contributed by atoms with Crippen LogP contribution >= 0.6 is 0 Å². The largest absolute Gasteiger partial charge is 0.405 e. The monoisotopic (exact) mass is 400 g/mol. The molecule has 0 aromatic carbocycles. The van der Waals surface area contributed by atoms with E-state index in [0.29, 0.717) is 12.2 Å². The number of carbonyl (C=O) groups excluding carboxylic acids is 2. The van der Waals surface area contributed by atoms with E-state index in [1.807, 2.05) is 31.4 Å². The number of nitriles is 1. The minimum atomic E-state index is -4.54. The van der Waals surface area contributed by atoms with Gasteiger partial charge in [0.2, 0.25) is 5.91 Å². The maximum absolute atomic E-state index is 12.1. The molecule has 2 amide bonds. The topological polar surface area (TPSA) is 96.2 Å². The maximum Gasteiger partial charge on any atom is 0.405 e. The lowest BCUT2D eigenvalue weighted by molar-refractivity contribution is -0.138. The molecule has 0 fully saturated rings. The summed E-state index contributed by atoms with van der Waals surface area (Å²) < 4.78 is 43.3. The highest BCUT2D eigenvalue weighted by Crippen LogP contribution is 2.22. The number of aryl methyl sites for hydroxylation is 1. The highest BCUT2D eigenvalue weighted by molar-refractivity contribution is 6.03. The van der Waals surface area contributed by atoms with Gasteiger partial charge in [-0.1, -0.05) is 0 Å². The number of halogens is 3. The average Bonchev–Trinajstić information content (AvgIpc) is 2.88. The first-order valence-corrected chi connectivity index (χ1v) is 8.41. The number of hydrogen-bond donors (Lipinski definition) is 2. The van der Waals surface area contributed by atoms with Crippen LogP contribution < -0.4 is 10.6 Å². The molecule has 1 rings (SSSR count). The molecule has 0 saturated heterocycles. The molecule has 1 heterocycles. The van der Waals surface area contributed by atoms with Gasteiger partial charge in [0.15, 0.2) is 0 Å². The Hall–Kier alpha value is -2.80. The molecule has 154 valence electrons. The Bertz CT molecular complexity index is 791. The van der Waals surface area contributed by atoms with Crippen molar-refractivity contribution < 1.29 is 27.5 Å². The molecule has 1 atom stereocenters. The van der Waals surface area contributed by atoms with Crippen LogP contribution in [-0.4, -0.2) is 49.4 Å². The zero-order valence-electron chi connectivity index (χ0n) is 16.1. The highest BCUT2D eigenvalue weighted by Gasteiger charge is 2.27. The summed E-state index contributed by atoms with van der Waals surface area (Å²) in [6, 6.07) is 3.60. The van der Waals surface area contributed by atoms with Crippen LogP contribution in [0.4, 0.5) is 13.2 Å². The number of methoxy groups -OCH3 is 1. The standard InChI is InChI=1S/C18H23F3N4O3/c1-11-5-14(13(3)25(11)12(2)9-28-4)6-15(7-22)17(27)23-8-16(26)24-10-18(19,20)21/h5-6,12H,8-10H2,1-4H3,(H,23,27)(H,24,26)/b15-6+/t12-/m1/s1. The zero-order valence-corrected chi connectivity index (χ0v) is 16.1. The average molecular weight is 400 g/mol. The Morgan fingerprint density at radius 2 is 2.00 bits per heavy atom. The quantitative estimate of drug-likeness (QED) is 0.515. The Morgan fingerprint density at radius 3 is 2.54 bits per heavy atom. The Morgan fingerprint density at radius 1 is 1.36 bits per heavy atom. The molecule has 0 spiro atoms. The van der Waals surface area contributed by atoms with E-state index in [2.05, 4.69) is 5.32 Å². The lowest BCUT2D eigenvalue weighted by Crippen LogP contribution is -2.41. The van der Waals surface area contributed by atoms with Gasteiger partial charge in [-0.3, -0.25) is 9.59 Å². The van der Waals surface area contributed by atoms with Gasteiger partial charge in [-0.05, 0) is 38.5 Å². The first-order chi connectivity index (χ1) is 13.0. The van der Waals surface area contributed by atoms with Gasteiger partial charge in [0.25, 0.3) is 5.91 Å². The van der Waals surface area contributed by atoms with Crippen LogP contribution in [0.15, 0.2) is 11.6 Å². The summed E-state index contributed by atoms with van der Waals surface area (Å²) in [5.74, 6) is -1.85. The summed E-state index contributed by atoms with van der Waals surface area (Å²) in [7, 11) is 1.59. The molecule has 0 aliphatic heterocycles. The first kappa shape index (κ1) is 23.2. The van der Waals surface area contributed by atoms with Crippen LogP contribution in [0.25, 0.3) is 6.08 Å². The summed E-state index contributed by atoms with van der Waals surface area (Å²) in [4.78, 5) is 23.5. The number of ether oxygens (including phenoxy) is 1. The van der Waals surface area contributed by atoms with Crippen LogP contribution in [0.2, 0.25) is 0 Å². The first-order valence-electron chi connectivity index (χ1n) is 8.41. The van der Waals surface area contributed by atoms with Gasteiger partial charge in [0, 0.05) is 18.5 Å². The van der Waals surface area contributed by atoms with Crippen molar-refractivity contribution >= 4 is 17.9 Å². The van der Waals surface area contributed by atoms with Crippen LogP contribution in [-0.2, 0) is 14.3 Å². The molecule has 10 heteroatoms. The van der Waals surface area contributed by atoms with Crippen molar-refractivity contribution in [1.29, 1.82) is 5.26 Å². The van der Waals surface area contributed by atoms with Crippen molar-refractivity contribution in [2.24, 2.45) is 0 Å². The minimum Gasteiger partial charge on any atom is -0.383 e. The second-order valence-corrected chi connectivity index (χ2v) is 6.25. The molecule has 2 N–H and O–H groups in total. The highest BCUT2D eigenvalue weighted by atomic mass is 19.4. The van der Waals surface area contributed by atoms with E-state index in [1.54, 1.807) is 18.5 Å². The number of nitrogens with zero attached hydrogens (tertiary/aromatic N) is 2. The molecular weight excluding hydrogens is 377 g/mol. The Kier molecular flexibility index (Phi) is 8.25. The molecule has 1 aromatic heterocycles. The van der Waals surface area contributed by atoms with Crippen LogP contribution in [0.5, 0.6) is 0 Å². The van der Waals surface area contributed by atoms with Crippen LogP contribution in [0.3, 0.4) is 0 Å². The van der Waals surface area contributed by atoms with Gasteiger partial charge in [0.05, 0.1) is 19.2 Å². The van der Waals surface area contributed by atoms with Crippen LogP contribution in [0.1, 0.15) is 29.9 Å². The molecule has 0 unspecified atom stereocenters. The lowest BCUT2D eigenvalue weighted by atomic mass is 10.1. The molecular formula is C18H23F3N4O3. The van der Waals surface area contributed by atoms with Crippen molar-refractivity contribution in [2.75, 3.05) is 26.8 Å². The van der Waals surface area contributed by atoms with E-state index in [-0.39, 0.29) is 11.6 Å². The summed E-state index contributed by atoms with van der Waals surface area (Å²) in [5, 5.41) is 13.0. The maximum atomic E-state index is 12.1. The number of nitrogens with one attached hydrogen (secondary N) is 2. The minimum absolute atomic E-state index is 0.0452. The van der Waals surface area contributed by atoms with E-state index in [9.17, 15) is 28.0 Å². The SMILES string of the molecule is COC[C@@H](C)n1c(C)cc(/C=C(\C#N)C(=O)NCC(=O)NCC(F)(F)F)c1C. The molecule has 0 bridgehead atoms. The van der Waals surface area contributed by atoms with Gasteiger partial charge in [-0.15, -0.1) is 0 Å². The smallest absolute Gasteiger partial charge is 0.383 e. The number of rotatable bonds is 8. The fourth-order valence-corrected chi connectivity index (χ4v) is 2.76. The summed E-state index contributed by atoms with van der Waals surface area (Å²) in [6.07, 6.45) is -3.17. The van der Waals surface area contributed by atoms with E-state index < -0.39 is 31.1 Å². The van der Waals surface area contributed by atoms with Crippen molar-refractivity contribution in [2.45, 2.75) is 33.0 Å². The van der Waals surface area contributed by atoms with Crippen molar-refractivity contribution in [3.8, 4) is 6.07 Å². The number of amides is 2. The Balaban J connectivity index is 2.86. The molecule has 0 aliphatic rings. The van der Waals surface area contributed by atoms with Gasteiger partial charge >= 0.3 is 6.18 Å². The lowest BCUT2D eigenvalue weighted by Gasteiger charge is -2.17. The molecule has 0 aliphatic carbocycles. The molecule has 0 radical (unpaired) electrons. The summed E-state index contributed by atoms with van der Waals surface area (Å²) in [5.41, 5.74) is 2.12. The second kappa shape index (κ2) is 9.94. The number of alkyl halides is 3. The normalized spacial score (nSPS) is 13.0. The molecule has 7 nitrogen and oxygen atoms in total. The van der Waals surface area contributed by atoms with E-state index in [4.69, 9.17) is 4.74 Å². The Labute approximate surface area is 161 Å². The fraction of sp³-hybridized carbons (Fsp3) is 0.500. The van der Waals surface area contributed by atoms with E-state index in [1.165, 1.54) is 6.08 Å². The third kappa shape index (κ3) is 6.74. The molecule has 28 heavy (non-hydrogen) atoms. The van der Waals surface area contributed by atoms with Crippen molar-refractivity contribution in [1.82, 2.24) is 15.2 Å². The predicted molar refractivity (Wildman–Crippen MR) is 96.2 cm³/mol. The third-order valence-electron chi connectivity index (χ3n) is 3.93. The van der Waals surface area contributed by atoms with Gasteiger partial charge in [-0.25, -0.2) is 0 Å². The third-order valence-corrected chi connectivity index (χ3v) is 3.93. The van der Waals surface area contributed by atoms with Crippen molar-refractivity contribution in [3.05, 3.63) is 28.6 Å². The summed E-state index contributed by atoms with van der Waals surface area (Å²) in [6.45, 7) is 4.01. The van der Waals surface area contributed by atoms with Gasteiger partial charge in [-0.2, -0.15) is 18.4 Å². The predicted octanol–water partition coefficient (Wildman–Crippen LogP) is 2.01. The second-order valence-electron chi connectivity index (χ2n) is 6.25. The van der Waals surface area contributed by atoms with Gasteiger partial charge in [0.1, 0.15) is 18.2 Å². The van der Waals surface area contributed by atoms with Crippen LogP contribution in [0, 0.1) is 25.2 Å². The van der Waals surface area contributed by atoms with Crippen molar-refractivity contribution in [3.63, 3.8) is 0 Å².